The number of carboxylic acid groups (broad SMARTS) is 1. The van der Waals surface area contributed by atoms with Crippen LogP contribution in [0.25, 0.3) is 0 Å². The van der Waals surface area contributed by atoms with Gasteiger partial charge in [-0.05, 0) is 64.2 Å². The van der Waals surface area contributed by atoms with Gasteiger partial charge in [0.15, 0.2) is 0 Å². The molecule has 4 N–H and O–H groups in total. The van der Waals surface area contributed by atoms with Gasteiger partial charge in [-0.15, -0.1) is 0 Å². The van der Waals surface area contributed by atoms with Crippen molar-refractivity contribution in [1.29, 1.82) is 0 Å². The van der Waals surface area contributed by atoms with Crippen LogP contribution in [0.5, 0.6) is 0 Å². The van der Waals surface area contributed by atoms with Gasteiger partial charge in [0.05, 0.1) is 13.2 Å². The molecule has 0 bridgehead atoms. The number of rotatable bonds is 41. The summed E-state index contributed by atoms with van der Waals surface area (Å²) >= 11 is 0. The summed E-state index contributed by atoms with van der Waals surface area (Å²) in [4.78, 5) is 47.5. The Morgan fingerprint density at radius 1 is 0.537 bits per heavy atom. The zero-order valence-electron chi connectivity index (χ0n) is 35.0. The predicted molar refractivity (Wildman–Crippen MR) is 222 cm³/mol. The second-order valence-electron chi connectivity index (χ2n) is 15.5. The molecule has 0 aromatic heterocycles. The first-order valence-electron chi connectivity index (χ1n) is 22.6. The van der Waals surface area contributed by atoms with Crippen LogP contribution in [0.1, 0.15) is 226 Å². The number of nitrogens with one attached hydrogen (secondary N) is 2. The minimum absolute atomic E-state index is 0.0376. The number of carbonyl (C=O) groups excluding carboxylic acids is 3. The molecule has 0 fully saturated rings. The Hall–Kier alpha value is -2.42. The Bertz CT molecular complexity index is 926. The Morgan fingerprint density at radius 3 is 1.39 bits per heavy atom. The molecule has 0 aliphatic heterocycles. The fourth-order valence-electron chi connectivity index (χ4n) is 6.77. The number of aliphatic carboxylic acids is 1. The summed E-state index contributed by atoms with van der Waals surface area (Å²) in [5.74, 6) is -2.32. The summed E-state index contributed by atoms with van der Waals surface area (Å²) in [6, 6.07) is -1.38. The monoisotopic (exact) mass is 765 g/mol. The van der Waals surface area contributed by atoms with Crippen molar-refractivity contribution in [2.24, 2.45) is 0 Å². The maximum absolute atomic E-state index is 12.7. The van der Waals surface area contributed by atoms with Crippen molar-refractivity contribution in [3.05, 3.63) is 12.2 Å². The molecule has 316 valence electrons. The molecule has 0 heterocycles. The van der Waals surface area contributed by atoms with Crippen molar-refractivity contribution >= 4 is 23.8 Å². The second kappa shape index (κ2) is 40.2. The summed E-state index contributed by atoms with van der Waals surface area (Å²) < 4.78 is 5.97. The van der Waals surface area contributed by atoms with E-state index < -0.39 is 24.5 Å². The van der Waals surface area contributed by atoms with Crippen molar-refractivity contribution in [1.82, 2.24) is 10.6 Å². The lowest BCUT2D eigenvalue weighted by Gasteiger charge is -2.18. The molecule has 9 nitrogen and oxygen atoms in total. The van der Waals surface area contributed by atoms with Gasteiger partial charge in [0.25, 0.3) is 0 Å². The zero-order valence-corrected chi connectivity index (χ0v) is 35.0. The molecule has 0 aliphatic rings. The highest BCUT2D eigenvalue weighted by molar-refractivity contribution is 5.87. The highest BCUT2D eigenvalue weighted by Crippen LogP contribution is 2.19. The van der Waals surface area contributed by atoms with E-state index in [0.717, 1.165) is 51.4 Å². The molecule has 0 aromatic rings. The molecular weight excluding hydrogens is 681 g/mol. The molecule has 0 rings (SSSR count). The van der Waals surface area contributed by atoms with E-state index in [-0.39, 0.29) is 30.9 Å². The standard InChI is InChI=1S/C45H84N2O7/c1-3-5-7-9-11-12-13-14-15-16-17-18-19-20-21-22-23-24-25-27-33-37-44(51)54-40(34-30-26-10-8-6-4-2)35-31-28-29-32-36-42(49)46-38-43(50)47-41(39-48)45(52)53/h16-17,40-41,48H,3-15,18-39H2,1-2H3,(H,46,49)(H,47,50)(H,52,53)/b17-16-. The van der Waals surface area contributed by atoms with Gasteiger partial charge in [0, 0.05) is 12.8 Å². The number of ether oxygens (including phenoxy) is 1. The topological polar surface area (TPSA) is 142 Å². The van der Waals surface area contributed by atoms with Gasteiger partial charge in [0.2, 0.25) is 11.8 Å². The van der Waals surface area contributed by atoms with Crippen LogP contribution in [0, 0.1) is 0 Å². The SMILES string of the molecule is CCCCCCCCCC/C=C\CCCCCCCCCCCC(=O)OC(CCCCCCCC)CCCCCCC(=O)NCC(=O)NC(CO)C(=O)O. The second-order valence-corrected chi connectivity index (χ2v) is 15.5. The third-order valence-corrected chi connectivity index (χ3v) is 10.3. The number of esters is 1. The lowest BCUT2D eigenvalue weighted by Crippen LogP contribution is -2.47. The number of aliphatic hydroxyl groups excluding tert-OH is 1. The van der Waals surface area contributed by atoms with Gasteiger partial charge in [-0.2, -0.15) is 0 Å². The molecule has 2 atom stereocenters. The van der Waals surface area contributed by atoms with Crippen LogP contribution in [0.3, 0.4) is 0 Å². The van der Waals surface area contributed by atoms with Crippen LogP contribution in [0.4, 0.5) is 0 Å². The molecule has 0 aromatic carbocycles. The third kappa shape index (κ3) is 36.6. The molecule has 54 heavy (non-hydrogen) atoms. The van der Waals surface area contributed by atoms with E-state index in [9.17, 15) is 19.2 Å². The molecule has 0 saturated carbocycles. The lowest BCUT2D eigenvalue weighted by molar-refractivity contribution is -0.150. The van der Waals surface area contributed by atoms with Crippen molar-refractivity contribution in [3.8, 4) is 0 Å². The number of amides is 2. The van der Waals surface area contributed by atoms with Crippen molar-refractivity contribution in [2.75, 3.05) is 13.2 Å². The number of unbranched alkanes of at least 4 members (excludes halogenated alkanes) is 25. The van der Waals surface area contributed by atoms with E-state index in [1.807, 2.05) is 0 Å². The van der Waals surface area contributed by atoms with Crippen LogP contribution in [-0.4, -0.2) is 59.3 Å². The van der Waals surface area contributed by atoms with Gasteiger partial charge in [0.1, 0.15) is 12.1 Å². The number of carbonyl (C=O) groups is 4. The fraction of sp³-hybridized carbons (Fsp3) is 0.867. The van der Waals surface area contributed by atoms with Gasteiger partial charge in [-0.3, -0.25) is 14.4 Å². The maximum atomic E-state index is 12.7. The minimum atomic E-state index is -1.38. The largest absolute Gasteiger partial charge is 0.480 e. The first kappa shape index (κ1) is 51.6. The first-order chi connectivity index (χ1) is 26.3. The fourth-order valence-corrected chi connectivity index (χ4v) is 6.77. The molecule has 0 aliphatic carbocycles. The highest BCUT2D eigenvalue weighted by atomic mass is 16.5. The predicted octanol–water partition coefficient (Wildman–Crippen LogP) is 11.0. The average Bonchev–Trinajstić information content (AvgIpc) is 3.15. The quantitative estimate of drug-likeness (QED) is 0.0276. The molecule has 0 radical (unpaired) electrons. The molecule has 0 saturated heterocycles. The number of aliphatic hydroxyl groups is 1. The summed E-state index contributed by atoms with van der Waals surface area (Å²) in [7, 11) is 0. The van der Waals surface area contributed by atoms with E-state index >= 15 is 0 Å². The number of hydrogen-bond acceptors (Lipinski definition) is 6. The molecule has 9 heteroatoms. The van der Waals surface area contributed by atoms with Crippen molar-refractivity contribution < 1.29 is 34.1 Å². The van der Waals surface area contributed by atoms with Gasteiger partial charge >= 0.3 is 11.9 Å². The van der Waals surface area contributed by atoms with Crippen LogP contribution in [0.15, 0.2) is 12.2 Å². The smallest absolute Gasteiger partial charge is 0.328 e. The van der Waals surface area contributed by atoms with E-state index in [2.05, 4.69) is 36.6 Å². The van der Waals surface area contributed by atoms with E-state index in [1.54, 1.807) is 0 Å². The first-order valence-corrected chi connectivity index (χ1v) is 22.6. The minimum Gasteiger partial charge on any atom is -0.480 e. The Kier molecular flexibility index (Phi) is 38.4. The average molecular weight is 765 g/mol. The van der Waals surface area contributed by atoms with E-state index in [1.165, 1.54) is 141 Å². The van der Waals surface area contributed by atoms with E-state index in [0.29, 0.717) is 12.8 Å². The van der Waals surface area contributed by atoms with Gasteiger partial charge < -0.3 is 25.6 Å². The summed E-state index contributed by atoms with van der Waals surface area (Å²) in [5, 5.41) is 22.5. The molecule has 0 spiro atoms. The third-order valence-electron chi connectivity index (χ3n) is 10.3. The Balaban J connectivity index is 4.01. The van der Waals surface area contributed by atoms with Gasteiger partial charge in [-0.25, -0.2) is 4.79 Å². The number of allylic oxidation sites excluding steroid dienone is 2. The zero-order chi connectivity index (χ0) is 39.7. The van der Waals surface area contributed by atoms with Crippen molar-refractivity contribution in [3.63, 3.8) is 0 Å². The molecule has 2 amide bonds. The lowest BCUT2D eigenvalue weighted by atomic mass is 10.0. The van der Waals surface area contributed by atoms with Crippen LogP contribution in [-0.2, 0) is 23.9 Å². The van der Waals surface area contributed by atoms with Crippen LogP contribution in [0.2, 0.25) is 0 Å². The summed E-state index contributed by atoms with van der Waals surface area (Å²) in [5.41, 5.74) is 0. The van der Waals surface area contributed by atoms with Crippen LogP contribution < -0.4 is 10.6 Å². The number of carboxylic acids is 1. The Morgan fingerprint density at radius 2 is 0.944 bits per heavy atom. The summed E-state index contributed by atoms with van der Waals surface area (Å²) in [6.07, 6.45) is 42.6. The highest BCUT2D eigenvalue weighted by Gasteiger charge is 2.19. The Labute approximate surface area is 331 Å². The normalized spacial score (nSPS) is 12.5. The van der Waals surface area contributed by atoms with Crippen LogP contribution >= 0.6 is 0 Å². The summed E-state index contributed by atoms with van der Waals surface area (Å²) in [6.45, 7) is 3.46. The molecule has 2 unspecified atom stereocenters. The maximum Gasteiger partial charge on any atom is 0.328 e. The van der Waals surface area contributed by atoms with E-state index in [4.69, 9.17) is 14.9 Å². The molecular formula is C45H84N2O7. The number of hydrogen-bond donors (Lipinski definition) is 4. The van der Waals surface area contributed by atoms with Gasteiger partial charge in [-0.1, -0.05) is 161 Å². The van der Waals surface area contributed by atoms with Crippen molar-refractivity contribution in [2.45, 2.75) is 238 Å².